The number of methoxy groups -OCH3 is 1. The number of hydrogen-bond acceptors (Lipinski definition) is 6. The molecule has 0 saturated carbocycles. The minimum atomic E-state index is -0.648. The second-order valence-corrected chi connectivity index (χ2v) is 11.1. The first-order valence-corrected chi connectivity index (χ1v) is 14.2. The van der Waals surface area contributed by atoms with E-state index < -0.39 is 12.0 Å². The average molecular weight is 624 g/mol. The van der Waals surface area contributed by atoms with Gasteiger partial charge in [0.2, 0.25) is 0 Å². The second-order valence-electron chi connectivity index (χ2n) is 8.76. The van der Waals surface area contributed by atoms with Crippen LogP contribution in [-0.2, 0) is 16.1 Å². The van der Waals surface area contributed by atoms with Crippen molar-refractivity contribution in [1.29, 1.82) is 0 Å². The number of allylic oxidation sites excluding steroid dienone is 1. The van der Waals surface area contributed by atoms with Gasteiger partial charge in [-0.2, -0.15) is 0 Å². The lowest BCUT2D eigenvalue weighted by molar-refractivity contribution is -0.136. The maximum Gasteiger partial charge on any atom is 0.338 e. The molecule has 1 aliphatic heterocycles. The number of ether oxygens (including phenoxy) is 2. The lowest BCUT2D eigenvalue weighted by Gasteiger charge is -2.25. The lowest BCUT2D eigenvalue weighted by atomic mass is 9.95. The van der Waals surface area contributed by atoms with Gasteiger partial charge in [0, 0.05) is 20.6 Å². The van der Waals surface area contributed by atoms with Gasteiger partial charge in [0.1, 0.15) is 12.4 Å². The molecule has 39 heavy (non-hydrogen) atoms. The molecule has 0 amide bonds. The standard InChI is InChI=1S/C30H24BrClN2O4S/c1-3-23-26(29(36)37-2)27(18-9-5-4-6-10-18)34-28(35)25(39-30(34)33-23)16-20-15-21(31)13-14-24(20)38-17-19-11-7-8-12-22(19)32/h4-16,27H,3,17H2,1-2H3/b25-16-/t27-/m1/s1. The Morgan fingerprint density at radius 2 is 1.87 bits per heavy atom. The third kappa shape index (κ3) is 5.50. The zero-order valence-corrected chi connectivity index (χ0v) is 24.3. The fourth-order valence-electron chi connectivity index (χ4n) is 4.49. The molecule has 6 nitrogen and oxygen atoms in total. The Labute approximate surface area is 242 Å². The minimum Gasteiger partial charge on any atom is -0.488 e. The van der Waals surface area contributed by atoms with Gasteiger partial charge in [0.15, 0.2) is 4.80 Å². The Bertz CT molecular complexity index is 1760. The molecule has 0 aliphatic carbocycles. The smallest absolute Gasteiger partial charge is 0.338 e. The molecule has 2 heterocycles. The summed E-state index contributed by atoms with van der Waals surface area (Å²) in [6, 6.07) is 22.0. The van der Waals surface area contributed by atoms with Crippen LogP contribution in [-0.4, -0.2) is 17.6 Å². The molecule has 1 aliphatic rings. The van der Waals surface area contributed by atoms with E-state index in [0.29, 0.717) is 37.8 Å². The summed E-state index contributed by atoms with van der Waals surface area (Å²) < 4.78 is 14.1. The van der Waals surface area contributed by atoms with Crippen molar-refractivity contribution < 1.29 is 14.3 Å². The van der Waals surface area contributed by atoms with Crippen molar-refractivity contribution in [3.63, 3.8) is 0 Å². The molecule has 5 rings (SSSR count). The number of carbonyl (C=O) groups is 1. The number of fused-ring (bicyclic) bond motifs is 1. The van der Waals surface area contributed by atoms with Gasteiger partial charge < -0.3 is 9.47 Å². The zero-order valence-electron chi connectivity index (χ0n) is 21.2. The van der Waals surface area contributed by atoms with Crippen LogP contribution in [0.15, 0.2) is 98.3 Å². The quantitative estimate of drug-likeness (QED) is 0.244. The third-order valence-corrected chi connectivity index (χ3v) is 8.21. The van der Waals surface area contributed by atoms with Gasteiger partial charge in [-0.3, -0.25) is 9.36 Å². The number of halogens is 2. The summed E-state index contributed by atoms with van der Waals surface area (Å²) in [4.78, 5) is 32.1. The van der Waals surface area contributed by atoms with E-state index in [1.165, 1.54) is 18.4 Å². The maximum absolute atomic E-state index is 13.9. The molecule has 0 saturated heterocycles. The van der Waals surface area contributed by atoms with E-state index in [1.54, 1.807) is 10.6 Å². The van der Waals surface area contributed by atoms with Gasteiger partial charge in [-0.1, -0.05) is 94.3 Å². The van der Waals surface area contributed by atoms with Crippen LogP contribution >= 0.6 is 38.9 Å². The topological polar surface area (TPSA) is 69.9 Å². The molecule has 9 heteroatoms. The molecule has 0 fully saturated rings. The number of carbonyl (C=O) groups excluding carboxylic acids is 1. The number of hydrogen-bond donors (Lipinski definition) is 0. The predicted octanol–water partition coefficient (Wildman–Crippen LogP) is 5.79. The van der Waals surface area contributed by atoms with Crippen LogP contribution in [0.5, 0.6) is 5.75 Å². The zero-order chi connectivity index (χ0) is 27.5. The molecular weight excluding hydrogens is 600 g/mol. The van der Waals surface area contributed by atoms with Gasteiger partial charge >= 0.3 is 5.97 Å². The van der Waals surface area contributed by atoms with E-state index in [9.17, 15) is 9.59 Å². The van der Waals surface area contributed by atoms with Gasteiger partial charge in [0.05, 0.1) is 29.0 Å². The van der Waals surface area contributed by atoms with Crippen LogP contribution in [0, 0.1) is 0 Å². The maximum atomic E-state index is 13.9. The summed E-state index contributed by atoms with van der Waals surface area (Å²) in [6.45, 7) is 2.21. The van der Waals surface area contributed by atoms with Crippen LogP contribution in [0.25, 0.3) is 6.08 Å². The number of benzene rings is 3. The first kappa shape index (κ1) is 27.1. The fourth-order valence-corrected chi connectivity index (χ4v) is 6.07. The van der Waals surface area contributed by atoms with E-state index in [1.807, 2.05) is 79.7 Å². The normalized spacial score (nSPS) is 15.1. The van der Waals surface area contributed by atoms with E-state index in [-0.39, 0.29) is 12.2 Å². The monoisotopic (exact) mass is 622 g/mol. The van der Waals surface area contributed by atoms with Crippen LogP contribution in [0.4, 0.5) is 0 Å². The van der Waals surface area contributed by atoms with E-state index in [0.717, 1.165) is 21.2 Å². The molecular formula is C30H24BrClN2O4S. The Morgan fingerprint density at radius 1 is 1.13 bits per heavy atom. The number of aromatic nitrogens is 1. The number of nitrogens with zero attached hydrogens (tertiary/aromatic N) is 2. The average Bonchev–Trinajstić information content (AvgIpc) is 3.26. The van der Waals surface area contributed by atoms with Gasteiger partial charge in [0.25, 0.3) is 5.56 Å². The molecule has 1 atom stereocenters. The molecule has 3 aromatic carbocycles. The highest BCUT2D eigenvalue weighted by Gasteiger charge is 2.33. The van der Waals surface area contributed by atoms with E-state index in [2.05, 4.69) is 15.9 Å². The molecule has 0 spiro atoms. The Morgan fingerprint density at radius 3 is 2.59 bits per heavy atom. The van der Waals surface area contributed by atoms with Crippen LogP contribution in [0.1, 0.15) is 36.1 Å². The first-order valence-electron chi connectivity index (χ1n) is 12.2. The van der Waals surface area contributed by atoms with Gasteiger partial charge in [-0.05, 0) is 42.3 Å². The van der Waals surface area contributed by atoms with E-state index >= 15 is 0 Å². The predicted molar refractivity (Wildman–Crippen MR) is 157 cm³/mol. The van der Waals surface area contributed by atoms with Crippen molar-refractivity contribution in [1.82, 2.24) is 4.57 Å². The van der Waals surface area contributed by atoms with E-state index in [4.69, 9.17) is 26.1 Å². The largest absolute Gasteiger partial charge is 0.488 e. The number of esters is 1. The third-order valence-electron chi connectivity index (χ3n) is 6.37. The highest BCUT2D eigenvalue weighted by atomic mass is 79.9. The molecule has 0 N–H and O–H groups in total. The number of thiazole rings is 1. The van der Waals surface area contributed by atoms with Gasteiger partial charge in [-0.25, -0.2) is 9.79 Å². The summed E-state index contributed by atoms with van der Waals surface area (Å²) >= 11 is 11.1. The Kier molecular flexibility index (Phi) is 8.16. The second kappa shape index (κ2) is 11.7. The summed E-state index contributed by atoms with van der Waals surface area (Å²) in [5.74, 6) is 0.106. The van der Waals surface area contributed by atoms with Crippen molar-refractivity contribution in [3.05, 3.63) is 130 Å². The van der Waals surface area contributed by atoms with Crippen LogP contribution < -0.4 is 19.6 Å². The highest BCUT2D eigenvalue weighted by Crippen LogP contribution is 2.32. The Hall–Kier alpha value is -3.46. The minimum absolute atomic E-state index is 0.249. The Balaban J connectivity index is 1.64. The summed E-state index contributed by atoms with van der Waals surface area (Å²) in [6.07, 6.45) is 2.32. The molecule has 0 bridgehead atoms. The SMILES string of the molecule is CCC1=C(C(=O)OC)[C@@H](c2ccccc2)n2c(s/c(=C\c3cc(Br)ccc3OCc3ccccc3Cl)c2=O)=N1. The summed E-state index contributed by atoms with van der Waals surface area (Å²) in [7, 11) is 1.34. The van der Waals surface area contributed by atoms with Crippen molar-refractivity contribution in [2.45, 2.75) is 26.0 Å². The summed E-state index contributed by atoms with van der Waals surface area (Å²) in [5, 5.41) is 0.624. The molecule has 198 valence electrons. The van der Waals surface area contributed by atoms with Gasteiger partial charge in [-0.15, -0.1) is 0 Å². The lowest BCUT2D eigenvalue weighted by Crippen LogP contribution is -2.40. The van der Waals surface area contributed by atoms with Crippen molar-refractivity contribution in [2.24, 2.45) is 4.99 Å². The number of rotatable bonds is 7. The molecule has 0 radical (unpaired) electrons. The molecule has 0 unspecified atom stereocenters. The molecule has 4 aromatic rings. The van der Waals surface area contributed by atoms with Crippen LogP contribution in [0.3, 0.4) is 0 Å². The molecule has 1 aromatic heterocycles. The van der Waals surface area contributed by atoms with Crippen molar-refractivity contribution >= 4 is 50.9 Å². The first-order chi connectivity index (χ1) is 18.9. The van der Waals surface area contributed by atoms with Crippen LogP contribution in [0.2, 0.25) is 5.02 Å². The van der Waals surface area contributed by atoms with Crippen molar-refractivity contribution in [2.75, 3.05) is 7.11 Å². The fraction of sp³-hybridized carbons (Fsp3) is 0.167. The highest BCUT2D eigenvalue weighted by molar-refractivity contribution is 9.10. The van der Waals surface area contributed by atoms with Crippen molar-refractivity contribution in [3.8, 4) is 5.75 Å². The summed E-state index contributed by atoms with van der Waals surface area (Å²) in [5.41, 5.74) is 3.11.